The van der Waals surface area contributed by atoms with Crippen LogP contribution in [0.1, 0.15) is 5.69 Å². The highest BCUT2D eigenvalue weighted by atomic mass is 16.6. The van der Waals surface area contributed by atoms with Crippen LogP contribution >= 0.6 is 0 Å². The van der Waals surface area contributed by atoms with Crippen molar-refractivity contribution in [3.63, 3.8) is 0 Å². The lowest BCUT2D eigenvalue weighted by Crippen LogP contribution is -2.15. The Labute approximate surface area is 67.7 Å². The zero-order valence-electron chi connectivity index (χ0n) is 6.02. The van der Waals surface area contributed by atoms with Crippen LogP contribution in [0.25, 0.3) is 0 Å². The number of amidine groups is 1. The Bertz CT molecular complexity index is 303. The molecule has 1 rings (SSSR count). The maximum atomic E-state index is 10.3. The van der Waals surface area contributed by atoms with E-state index in [1.165, 1.54) is 18.3 Å². The van der Waals surface area contributed by atoms with Crippen LogP contribution in [-0.4, -0.2) is 15.7 Å². The second-order valence-corrected chi connectivity index (χ2v) is 2.04. The Balaban J connectivity index is 3.27. The summed E-state index contributed by atoms with van der Waals surface area (Å²) in [5, 5.41) is 17.3. The third kappa shape index (κ3) is 1.36. The first-order valence-corrected chi connectivity index (χ1v) is 3.06. The summed E-state index contributed by atoms with van der Waals surface area (Å²) in [7, 11) is 0. The standard InChI is InChI=1S/C6H6N4O2/c7-6(8)5-4(10(11)12)2-1-3-9-5/h1-3H,(H3,7,8). The molecule has 0 aliphatic heterocycles. The van der Waals surface area contributed by atoms with Crippen molar-refractivity contribution in [1.82, 2.24) is 4.98 Å². The molecule has 6 heteroatoms. The van der Waals surface area contributed by atoms with Gasteiger partial charge in [-0.05, 0) is 6.07 Å². The van der Waals surface area contributed by atoms with E-state index in [0.29, 0.717) is 0 Å². The van der Waals surface area contributed by atoms with Crippen molar-refractivity contribution in [3.05, 3.63) is 34.1 Å². The first-order valence-electron chi connectivity index (χ1n) is 3.06. The molecule has 0 saturated heterocycles. The summed E-state index contributed by atoms with van der Waals surface area (Å²) in [6.07, 6.45) is 1.35. The first kappa shape index (κ1) is 8.12. The van der Waals surface area contributed by atoms with Gasteiger partial charge in [-0.3, -0.25) is 15.5 Å². The molecule has 3 N–H and O–H groups in total. The van der Waals surface area contributed by atoms with Gasteiger partial charge in [0.25, 0.3) is 5.69 Å². The molecule has 0 radical (unpaired) electrons. The van der Waals surface area contributed by atoms with Crippen LogP contribution in [0.5, 0.6) is 0 Å². The van der Waals surface area contributed by atoms with E-state index in [1.54, 1.807) is 0 Å². The third-order valence-electron chi connectivity index (χ3n) is 1.24. The maximum Gasteiger partial charge on any atom is 0.298 e. The Morgan fingerprint density at radius 3 is 2.83 bits per heavy atom. The van der Waals surface area contributed by atoms with Crippen LogP contribution in [0.2, 0.25) is 0 Å². The number of nitrogens with one attached hydrogen (secondary N) is 1. The fourth-order valence-electron chi connectivity index (χ4n) is 0.752. The Hall–Kier alpha value is -1.98. The minimum atomic E-state index is -0.621. The van der Waals surface area contributed by atoms with E-state index in [9.17, 15) is 10.1 Å². The van der Waals surface area contributed by atoms with E-state index in [2.05, 4.69) is 4.98 Å². The van der Waals surface area contributed by atoms with Gasteiger partial charge >= 0.3 is 0 Å². The molecule has 0 spiro atoms. The lowest BCUT2D eigenvalue weighted by molar-refractivity contribution is -0.385. The molecule has 1 aromatic rings. The Kier molecular flexibility index (Phi) is 2.00. The number of nitrogens with zero attached hydrogens (tertiary/aromatic N) is 2. The molecule has 1 aromatic heterocycles. The second-order valence-electron chi connectivity index (χ2n) is 2.04. The van der Waals surface area contributed by atoms with E-state index in [1.807, 2.05) is 0 Å². The molecule has 62 valence electrons. The molecular weight excluding hydrogens is 160 g/mol. The first-order chi connectivity index (χ1) is 5.63. The van der Waals surface area contributed by atoms with Crippen molar-refractivity contribution in [2.45, 2.75) is 0 Å². The number of nitrogens with two attached hydrogens (primary N) is 1. The number of nitro groups is 1. The fraction of sp³-hybridized carbons (Fsp3) is 0. The Morgan fingerprint density at radius 2 is 2.42 bits per heavy atom. The SMILES string of the molecule is N=C(N)c1ncccc1[N+](=O)[O-]. The second kappa shape index (κ2) is 2.95. The molecule has 0 atom stereocenters. The highest BCUT2D eigenvalue weighted by Gasteiger charge is 2.15. The van der Waals surface area contributed by atoms with E-state index in [-0.39, 0.29) is 11.4 Å². The molecule has 0 bridgehead atoms. The number of hydrogen-bond acceptors (Lipinski definition) is 4. The minimum Gasteiger partial charge on any atom is -0.382 e. The lowest BCUT2D eigenvalue weighted by Gasteiger charge is -1.96. The number of nitrogen functional groups attached to an aromatic ring is 1. The van der Waals surface area contributed by atoms with E-state index < -0.39 is 10.8 Å². The zero-order chi connectivity index (χ0) is 9.14. The number of rotatable bonds is 2. The Morgan fingerprint density at radius 1 is 1.75 bits per heavy atom. The summed E-state index contributed by atoms with van der Waals surface area (Å²) in [6.45, 7) is 0. The van der Waals surface area contributed by atoms with Crippen molar-refractivity contribution >= 4 is 11.5 Å². The normalized spacial score (nSPS) is 9.33. The van der Waals surface area contributed by atoms with Gasteiger partial charge in [0.1, 0.15) is 5.84 Å². The summed E-state index contributed by atoms with van der Waals surface area (Å²) < 4.78 is 0. The van der Waals surface area contributed by atoms with Gasteiger partial charge in [0, 0.05) is 12.3 Å². The summed E-state index contributed by atoms with van der Waals surface area (Å²) in [6, 6.07) is 2.67. The van der Waals surface area contributed by atoms with Crippen LogP contribution in [0.4, 0.5) is 5.69 Å². The maximum absolute atomic E-state index is 10.3. The molecular formula is C6H6N4O2. The smallest absolute Gasteiger partial charge is 0.298 e. The van der Waals surface area contributed by atoms with Gasteiger partial charge in [-0.1, -0.05) is 0 Å². The number of hydrogen-bond donors (Lipinski definition) is 2. The molecule has 0 amide bonds. The number of pyridine rings is 1. The van der Waals surface area contributed by atoms with Gasteiger partial charge in [-0.2, -0.15) is 0 Å². The lowest BCUT2D eigenvalue weighted by atomic mass is 10.3. The molecule has 0 aromatic carbocycles. The van der Waals surface area contributed by atoms with Crippen LogP contribution in [0.15, 0.2) is 18.3 Å². The van der Waals surface area contributed by atoms with E-state index >= 15 is 0 Å². The molecule has 0 aliphatic rings. The van der Waals surface area contributed by atoms with Gasteiger partial charge in [-0.15, -0.1) is 0 Å². The van der Waals surface area contributed by atoms with Gasteiger partial charge in [0.05, 0.1) is 4.92 Å². The molecule has 6 nitrogen and oxygen atoms in total. The summed E-state index contributed by atoms with van der Waals surface area (Å²) in [5.74, 6) is -0.401. The van der Waals surface area contributed by atoms with Crippen LogP contribution < -0.4 is 5.73 Å². The molecule has 0 fully saturated rings. The zero-order valence-corrected chi connectivity index (χ0v) is 6.02. The monoisotopic (exact) mass is 166 g/mol. The highest BCUT2D eigenvalue weighted by Crippen LogP contribution is 2.13. The fourth-order valence-corrected chi connectivity index (χ4v) is 0.752. The molecule has 0 unspecified atom stereocenters. The average molecular weight is 166 g/mol. The van der Waals surface area contributed by atoms with Gasteiger partial charge in [0.2, 0.25) is 0 Å². The predicted octanol–water partition coefficient (Wildman–Crippen LogP) is 0.274. The van der Waals surface area contributed by atoms with Crippen molar-refractivity contribution < 1.29 is 4.92 Å². The molecule has 0 saturated carbocycles. The van der Waals surface area contributed by atoms with E-state index in [0.717, 1.165) is 0 Å². The van der Waals surface area contributed by atoms with Crippen molar-refractivity contribution in [2.75, 3.05) is 0 Å². The molecule has 0 aliphatic carbocycles. The minimum absolute atomic E-state index is 0.0949. The third-order valence-corrected chi connectivity index (χ3v) is 1.24. The predicted molar refractivity (Wildman–Crippen MR) is 41.9 cm³/mol. The molecule has 12 heavy (non-hydrogen) atoms. The average Bonchev–Trinajstić information content (AvgIpc) is 2.04. The quantitative estimate of drug-likeness (QED) is 0.284. The van der Waals surface area contributed by atoms with Crippen LogP contribution in [0, 0.1) is 15.5 Å². The van der Waals surface area contributed by atoms with Crippen molar-refractivity contribution in [1.29, 1.82) is 5.41 Å². The summed E-state index contributed by atoms with van der Waals surface area (Å²) in [5.41, 5.74) is 4.73. The summed E-state index contributed by atoms with van der Waals surface area (Å²) >= 11 is 0. The number of aromatic nitrogens is 1. The molecule has 1 heterocycles. The van der Waals surface area contributed by atoms with Gasteiger partial charge in [0.15, 0.2) is 5.69 Å². The largest absolute Gasteiger partial charge is 0.382 e. The highest BCUT2D eigenvalue weighted by molar-refractivity contribution is 5.96. The van der Waals surface area contributed by atoms with E-state index in [4.69, 9.17) is 11.1 Å². The van der Waals surface area contributed by atoms with Gasteiger partial charge < -0.3 is 5.73 Å². The topological polar surface area (TPSA) is 106 Å². The van der Waals surface area contributed by atoms with Crippen LogP contribution in [0.3, 0.4) is 0 Å². The van der Waals surface area contributed by atoms with Crippen molar-refractivity contribution in [2.24, 2.45) is 5.73 Å². The van der Waals surface area contributed by atoms with Gasteiger partial charge in [-0.25, -0.2) is 4.98 Å². The van der Waals surface area contributed by atoms with Crippen molar-refractivity contribution in [3.8, 4) is 0 Å². The van der Waals surface area contributed by atoms with Crippen LogP contribution in [-0.2, 0) is 0 Å². The summed E-state index contributed by atoms with van der Waals surface area (Å²) in [4.78, 5) is 13.3.